The van der Waals surface area contributed by atoms with Crippen molar-refractivity contribution in [1.29, 1.82) is 0 Å². The summed E-state index contributed by atoms with van der Waals surface area (Å²) in [6, 6.07) is 14.5. The van der Waals surface area contributed by atoms with Gasteiger partial charge in [0.2, 0.25) is 11.1 Å². The van der Waals surface area contributed by atoms with Crippen LogP contribution in [0.1, 0.15) is 15.9 Å². The molecule has 0 spiro atoms. The highest BCUT2D eigenvalue weighted by atomic mass is 32.2. The quantitative estimate of drug-likeness (QED) is 0.501. The second-order valence-electron chi connectivity index (χ2n) is 5.66. The molecule has 0 aliphatic carbocycles. The fourth-order valence-corrected chi connectivity index (χ4v) is 3.06. The Balaban J connectivity index is 1.62. The van der Waals surface area contributed by atoms with E-state index < -0.39 is 5.97 Å². The van der Waals surface area contributed by atoms with Gasteiger partial charge in [0.05, 0.1) is 24.1 Å². The van der Waals surface area contributed by atoms with E-state index >= 15 is 0 Å². The number of aromatic nitrogens is 3. The highest BCUT2D eigenvalue weighted by Gasteiger charge is 2.14. The summed E-state index contributed by atoms with van der Waals surface area (Å²) in [5.41, 5.74) is 2.76. The van der Waals surface area contributed by atoms with Gasteiger partial charge in [-0.05, 0) is 24.6 Å². The number of nitrogens with zero attached hydrogens (tertiary/aromatic N) is 2. The van der Waals surface area contributed by atoms with E-state index in [1.165, 1.54) is 18.9 Å². The first kappa shape index (κ1) is 18.7. The van der Waals surface area contributed by atoms with Gasteiger partial charge in [-0.2, -0.15) is 0 Å². The predicted octanol–water partition coefficient (Wildman–Crippen LogP) is 3.30. The van der Waals surface area contributed by atoms with Gasteiger partial charge in [0.15, 0.2) is 5.82 Å². The standard InChI is InChI=1S/C19H18N4O3S/c1-12-7-3-4-8-13(12)17-21-19(23-22-17)27-11-16(24)20-15-10-6-5-9-14(15)18(25)26-2/h3-10H,11H2,1-2H3,(H,20,24)(H,21,22,23). The number of nitrogens with one attached hydrogen (secondary N) is 2. The van der Waals surface area contributed by atoms with Gasteiger partial charge < -0.3 is 10.1 Å². The van der Waals surface area contributed by atoms with Gasteiger partial charge in [0, 0.05) is 5.56 Å². The summed E-state index contributed by atoms with van der Waals surface area (Å²) >= 11 is 1.21. The topological polar surface area (TPSA) is 97.0 Å². The Hall–Kier alpha value is -3.13. The minimum absolute atomic E-state index is 0.112. The molecule has 138 valence electrons. The van der Waals surface area contributed by atoms with Gasteiger partial charge in [-0.3, -0.25) is 9.89 Å². The predicted molar refractivity (Wildman–Crippen MR) is 104 cm³/mol. The van der Waals surface area contributed by atoms with E-state index in [0.29, 0.717) is 22.2 Å². The van der Waals surface area contributed by atoms with Gasteiger partial charge in [-0.25, -0.2) is 9.78 Å². The minimum atomic E-state index is -0.504. The largest absolute Gasteiger partial charge is 0.465 e. The number of para-hydroxylation sites is 1. The Morgan fingerprint density at radius 3 is 2.67 bits per heavy atom. The number of rotatable bonds is 6. The molecule has 7 nitrogen and oxygen atoms in total. The molecule has 0 radical (unpaired) electrons. The highest BCUT2D eigenvalue weighted by molar-refractivity contribution is 7.99. The van der Waals surface area contributed by atoms with Crippen molar-refractivity contribution in [2.24, 2.45) is 0 Å². The molecule has 0 aliphatic rings. The smallest absolute Gasteiger partial charge is 0.339 e. The summed E-state index contributed by atoms with van der Waals surface area (Å²) in [5.74, 6) is 0.00152. The van der Waals surface area contributed by atoms with Crippen molar-refractivity contribution in [3.05, 3.63) is 59.7 Å². The first-order chi connectivity index (χ1) is 13.1. The number of aryl methyl sites for hydroxylation is 1. The van der Waals surface area contributed by atoms with Crippen LogP contribution >= 0.6 is 11.8 Å². The molecule has 0 saturated carbocycles. The lowest BCUT2D eigenvalue weighted by Gasteiger charge is -2.08. The maximum absolute atomic E-state index is 12.2. The third kappa shape index (κ3) is 4.53. The molecule has 8 heteroatoms. The molecule has 2 N–H and O–H groups in total. The van der Waals surface area contributed by atoms with E-state index in [4.69, 9.17) is 4.74 Å². The summed E-state index contributed by atoms with van der Waals surface area (Å²) in [4.78, 5) is 28.4. The molecule has 0 fully saturated rings. The lowest BCUT2D eigenvalue weighted by atomic mass is 10.1. The van der Waals surface area contributed by atoms with E-state index in [2.05, 4.69) is 20.5 Å². The second kappa shape index (κ2) is 8.50. The molecule has 0 bridgehead atoms. The van der Waals surface area contributed by atoms with Crippen molar-refractivity contribution in [3.8, 4) is 11.4 Å². The first-order valence-corrected chi connectivity index (χ1v) is 9.15. The zero-order chi connectivity index (χ0) is 19.2. The summed E-state index contributed by atoms with van der Waals surface area (Å²) in [6.07, 6.45) is 0. The van der Waals surface area contributed by atoms with Crippen molar-refractivity contribution < 1.29 is 14.3 Å². The number of carbonyl (C=O) groups is 2. The second-order valence-corrected chi connectivity index (χ2v) is 6.60. The lowest BCUT2D eigenvalue weighted by molar-refractivity contribution is -0.113. The maximum Gasteiger partial charge on any atom is 0.339 e. The van der Waals surface area contributed by atoms with Crippen molar-refractivity contribution in [1.82, 2.24) is 15.2 Å². The molecule has 2 aromatic carbocycles. The van der Waals surface area contributed by atoms with Crippen molar-refractivity contribution in [2.45, 2.75) is 12.1 Å². The van der Waals surface area contributed by atoms with Gasteiger partial charge in [-0.15, -0.1) is 5.10 Å². The Bertz CT molecular complexity index is 971. The Morgan fingerprint density at radius 2 is 1.89 bits per heavy atom. The third-order valence-corrected chi connectivity index (χ3v) is 4.65. The Kier molecular flexibility index (Phi) is 5.87. The number of thioether (sulfide) groups is 1. The van der Waals surface area contributed by atoms with E-state index in [9.17, 15) is 9.59 Å². The summed E-state index contributed by atoms with van der Waals surface area (Å²) in [5, 5.41) is 10.2. The molecule has 1 amide bonds. The van der Waals surface area contributed by atoms with Crippen LogP contribution in [-0.2, 0) is 9.53 Å². The number of amides is 1. The monoisotopic (exact) mass is 382 g/mol. The highest BCUT2D eigenvalue weighted by Crippen LogP contribution is 2.22. The molecule has 1 heterocycles. The molecular formula is C19H18N4O3S. The summed E-state index contributed by atoms with van der Waals surface area (Å²) < 4.78 is 4.72. The number of ether oxygens (including phenoxy) is 1. The maximum atomic E-state index is 12.2. The molecule has 0 unspecified atom stereocenters. The Morgan fingerprint density at radius 1 is 1.15 bits per heavy atom. The van der Waals surface area contributed by atoms with Gasteiger partial charge >= 0.3 is 5.97 Å². The fraction of sp³-hybridized carbons (Fsp3) is 0.158. The fourth-order valence-electron chi connectivity index (χ4n) is 2.47. The molecule has 3 rings (SSSR count). The molecule has 0 atom stereocenters. The molecule has 0 saturated heterocycles. The number of hydrogen-bond acceptors (Lipinski definition) is 6. The van der Waals surface area contributed by atoms with E-state index in [0.717, 1.165) is 11.1 Å². The van der Waals surface area contributed by atoms with Crippen LogP contribution in [-0.4, -0.2) is 39.9 Å². The number of anilines is 1. The van der Waals surface area contributed by atoms with Gasteiger partial charge in [0.1, 0.15) is 0 Å². The normalized spacial score (nSPS) is 10.4. The zero-order valence-corrected chi connectivity index (χ0v) is 15.7. The number of methoxy groups -OCH3 is 1. The molecule has 27 heavy (non-hydrogen) atoms. The number of hydrogen-bond donors (Lipinski definition) is 2. The molecule has 3 aromatic rings. The van der Waals surface area contributed by atoms with Crippen LogP contribution < -0.4 is 5.32 Å². The third-order valence-electron chi connectivity index (χ3n) is 3.80. The zero-order valence-electron chi connectivity index (χ0n) is 14.9. The number of aromatic amines is 1. The van der Waals surface area contributed by atoms with Gasteiger partial charge in [-0.1, -0.05) is 48.2 Å². The van der Waals surface area contributed by atoms with Crippen LogP contribution in [0.3, 0.4) is 0 Å². The SMILES string of the molecule is COC(=O)c1ccccc1NC(=O)CSc1n[nH]c(-c2ccccc2C)n1. The summed E-state index contributed by atoms with van der Waals surface area (Å²) in [7, 11) is 1.30. The van der Waals surface area contributed by atoms with Crippen LogP contribution in [0.25, 0.3) is 11.4 Å². The molecular weight excluding hydrogens is 364 g/mol. The minimum Gasteiger partial charge on any atom is -0.465 e. The molecule has 1 aromatic heterocycles. The summed E-state index contributed by atoms with van der Waals surface area (Å²) in [6.45, 7) is 2.00. The van der Waals surface area contributed by atoms with Crippen molar-refractivity contribution in [2.75, 3.05) is 18.2 Å². The number of H-pyrrole nitrogens is 1. The van der Waals surface area contributed by atoms with E-state index in [1.807, 2.05) is 31.2 Å². The van der Waals surface area contributed by atoms with E-state index in [1.54, 1.807) is 24.3 Å². The number of carbonyl (C=O) groups excluding carboxylic acids is 2. The number of benzene rings is 2. The van der Waals surface area contributed by atoms with Crippen molar-refractivity contribution in [3.63, 3.8) is 0 Å². The van der Waals surface area contributed by atoms with Crippen LogP contribution in [0, 0.1) is 6.92 Å². The average molecular weight is 382 g/mol. The van der Waals surface area contributed by atoms with Gasteiger partial charge in [0.25, 0.3) is 0 Å². The Labute approximate surface area is 160 Å². The van der Waals surface area contributed by atoms with Crippen LogP contribution in [0.5, 0.6) is 0 Å². The van der Waals surface area contributed by atoms with Crippen LogP contribution in [0.4, 0.5) is 5.69 Å². The average Bonchev–Trinajstić information content (AvgIpc) is 3.15. The lowest BCUT2D eigenvalue weighted by Crippen LogP contribution is -2.17. The van der Waals surface area contributed by atoms with E-state index in [-0.39, 0.29) is 11.7 Å². The first-order valence-electron chi connectivity index (χ1n) is 8.17. The van der Waals surface area contributed by atoms with Crippen molar-refractivity contribution >= 4 is 29.3 Å². The van der Waals surface area contributed by atoms with Crippen LogP contribution in [0.2, 0.25) is 0 Å². The molecule has 0 aliphatic heterocycles. The van der Waals surface area contributed by atoms with Crippen LogP contribution in [0.15, 0.2) is 53.7 Å². The number of esters is 1.